The molecule has 0 unspecified atom stereocenters. The summed E-state index contributed by atoms with van der Waals surface area (Å²) in [4.78, 5) is 50.5. The van der Waals surface area contributed by atoms with Gasteiger partial charge in [0.05, 0.1) is 11.4 Å². The van der Waals surface area contributed by atoms with Crippen LogP contribution in [0.15, 0.2) is 41.2 Å². The molecule has 3 N–H and O–H groups in total. The second kappa shape index (κ2) is 9.96. The average molecular weight is 490 g/mol. The van der Waals surface area contributed by atoms with Crippen LogP contribution < -0.4 is 21.5 Å². The lowest BCUT2D eigenvalue weighted by atomic mass is 9.96. The summed E-state index contributed by atoms with van der Waals surface area (Å²) >= 11 is 0. The molecule has 0 radical (unpaired) electrons. The Morgan fingerprint density at radius 1 is 0.944 bits per heavy atom. The van der Waals surface area contributed by atoms with Crippen molar-refractivity contribution in [1.82, 2.24) is 24.8 Å². The third kappa shape index (κ3) is 4.75. The zero-order valence-electron chi connectivity index (χ0n) is 20.4. The number of carbonyl (C=O) groups is 2. The molecule has 36 heavy (non-hydrogen) atoms. The molecule has 1 aliphatic carbocycles. The van der Waals surface area contributed by atoms with Gasteiger partial charge in [-0.2, -0.15) is 4.98 Å². The van der Waals surface area contributed by atoms with E-state index < -0.39 is 5.91 Å². The zero-order valence-corrected chi connectivity index (χ0v) is 20.4. The first-order valence-corrected chi connectivity index (χ1v) is 12.5. The molecule has 2 aromatic heterocycles. The molecule has 0 atom stereocenters. The van der Waals surface area contributed by atoms with Crippen molar-refractivity contribution in [2.75, 3.05) is 31.1 Å². The van der Waals surface area contributed by atoms with Crippen molar-refractivity contribution in [3.63, 3.8) is 0 Å². The number of piperazine rings is 1. The van der Waals surface area contributed by atoms with Crippen molar-refractivity contribution in [2.45, 2.75) is 45.1 Å². The number of urea groups is 1. The number of primary amides is 1. The van der Waals surface area contributed by atoms with Crippen molar-refractivity contribution >= 4 is 28.9 Å². The van der Waals surface area contributed by atoms with Crippen molar-refractivity contribution in [2.24, 2.45) is 5.73 Å². The average Bonchev–Trinajstić information content (AvgIpc) is 2.89. The first-order valence-electron chi connectivity index (χ1n) is 12.5. The molecule has 10 heteroatoms. The third-order valence-electron chi connectivity index (χ3n) is 7.12. The van der Waals surface area contributed by atoms with Crippen LogP contribution in [0.2, 0.25) is 0 Å². The van der Waals surface area contributed by atoms with E-state index in [1.165, 1.54) is 29.9 Å². The van der Waals surface area contributed by atoms with Crippen LogP contribution in [0.3, 0.4) is 0 Å². The molecule has 1 aromatic carbocycles. The number of nitrogens with zero attached hydrogens (tertiary/aromatic N) is 5. The molecule has 0 bridgehead atoms. The zero-order chi connectivity index (χ0) is 25.2. The Hall–Kier alpha value is -3.95. The van der Waals surface area contributed by atoms with Gasteiger partial charge in [0.1, 0.15) is 0 Å². The summed E-state index contributed by atoms with van der Waals surface area (Å²) in [5, 5.41) is 3.96. The Labute approximate surface area is 209 Å². The molecule has 3 aromatic rings. The van der Waals surface area contributed by atoms with Crippen LogP contribution in [0, 0.1) is 6.92 Å². The van der Waals surface area contributed by atoms with Gasteiger partial charge in [-0.1, -0.05) is 19.3 Å². The largest absolute Gasteiger partial charge is 0.366 e. The predicted molar refractivity (Wildman–Crippen MR) is 138 cm³/mol. The van der Waals surface area contributed by atoms with Gasteiger partial charge in [0, 0.05) is 49.2 Å². The third-order valence-corrected chi connectivity index (χ3v) is 7.12. The molecule has 5 rings (SSSR count). The molecule has 188 valence electrons. The van der Waals surface area contributed by atoms with Gasteiger partial charge in [-0.25, -0.2) is 9.78 Å². The molecule has 3 heterocycles. The van der Waals surface area contributed by atoms with E-state index in [4.69, 9.17) is 15.7 Å². The number of rotatable bonds is 4. The van der Waals surface area contributed by atoms with E-state index >= 15 is 0 Å². The molecule has 1 saturated heterocycles. The molecule has 1 saturated carbocycles. The summed E-state index contributed by atoms with van der Waals surface area (Å²) in [6.07, 6.45) is 5.73. The number of carbonyl (C=O) groups excluding carboxylic acids is 2. The lowest BCUT2D eigenvalue weighted by Gasteiger charge is -2.36. The summed E-state index contributed by atoms with van der Waals surface area (Å²) in [7, 11) is 0. The number of aryl methyl sites for hydroxylation is 1. The minimum Gasteiger partial charge on any atom is -0.366 e. The van der Waals surface area contributed by atoms with Gasteiger partial charge in [-0.15, -0.1) is 0 Å². The molecule has 3 amide bonds. The van der Waals surface area contributed by atoms with Crippen molar-refractivity contribution in [1.29, 1.82) is 0 Å². The number of amides is 3. The monoisotopic (exact) mass is 489 g/mol. The molecule has 2 fully saturated rings. The fourth-order valence-corrected chi connectivity index (χ4v) is 5.04. The van der Waals surface area contributed by atoms with Gasteiger partial charge in [0.15, 0.2) is 5.65 Å². The molecular formula is C26H31N7O3. The maximum absolute atomic E-state index is 12.9. The summed E-state index contributed by atoms with van der Waals surface area (Å²) in [5.74, 6) is -0.000665. The van der Waals surface area contributed by atoms with E-state index in [-0.39, 0.29) is 17.6 Å². The van der Waals surface area contributed by atoms with Crippen LogP contribution in [0.25, 0.3) is 16.7 Å². The minimum absolute atomic E-state index is 0.00501. The number of hydrogen-bond donors (Lipinski definition) is 2. The first kappa shape index (κ1) is 23.8. The van der Waals surface area contributed by atoms with Gasteiger partial charge in [-0.3, -0.25) is 14.2 Å². The van der Waals surface area contributed by atoms with Crippen molar-refractivity contribution in [3.05, 3.63) is 58.0 Å². The van der Waals surface area contributed by atoms with E-state index in [2.05, 4.69) is 10.2 Å². The Morgan fingerprint density at radius 2 is 1.64 bits per heavy atom. The second-order valence-corrected chi connectivity index (χ2v) is 9.52. The van der Waals surface area contributed by atoms with Gasteiger partial charge in [0.25, 0.3) is 5.56 Å². The first-order chi connectivity index (χ1) is 17.4. The maximum Gasteiger partial charge on any atom is 0.317 e. The normalized spacial score (nSPS) is 16.8. The fourth-order valence-electron chi connectivity index (χ4n) is 5.04. The van der Waals surface area contributed by atoms with E-state index in [9.17, 15) is 14.4 Å². The number of aromatic nitrogens is 3. The molecular weight excluding hydrogens is 458 g/mol. The van der Waals surface area contributed by atoms with Gasteiger partial charge < -0.3 is 20.9 Å². The smallest absolute Gasteiger partial charge is 0.317 e. The summed E-state index contributed by atoms with van der Waals surface area (Å²) in [6, 6.07) is 10.1. The topological polar surface area (TPSA) is 126 Å². The number of anilines is 1. The minimum atomic E-state index is -0.529. The molecule has 1 aliphatic heterocycles. The van der Waals surface area contributed by atoms with E-state index in [1.807, 2.05) is 11.8 Å². The Balaban J connectivity index is 1.38. The lowest BCUT2D eigenvalue weighted by Crippen LogP contribution is -2.54. The Bertz CT molecular complexity index is 1340. The van der Waals surface area contributed by atoms with Crippen LogP contribution in [0.1, 0.15) is 48.2 Å². The highest BCUT2D eigenvalue weighted by Gasteiger charge is 2.25. The van der Waals surface area contributed by atoms with Crippen LogP contribution in [0.5, 0.6) is 0 Å². The van der Waals surface area contributed by atoms with Gasteiger partial charge in [-0.05, 0) is 50.1 Å². The molecule has 2 aliphatic rings. The fraction of sp³-hybridized carbons (Fsp3) is 0.423. The van der Waals surface area contributed by atoms with Crippen molar-refractivity contribution in [3.8, 4) is 5.69 Å². The predicted octanol–water partition coefficient (Wildman–Crippen LogP) is 2.35. The van der Waals surface area contributed by atoms with Crippen LogP contribution in [-0.4, -0.2) is 63.6 Å². The number of pyridine rings is 1. The highest BCUT2D eigenvalue weighted by molar-refractivity contribution is 5.93. The van der Waals surface area contributed by atoms with Crippen LogP contribution >= 0.6 is 0 Å². The Kier molecular flexibility index (Phi) is 6.58. The maximum atomic E-state index is 12.9. The summed E-state index contributed by atoms with van der Waals surface area (Å²) < 4.78 is 1.52. The summed E-state index contributed by atoms with van der Waals surface area (Å²) in [5.41, 5.74) is 7.33. The SMILES string of the molecule is Cc1nc(N2CCN(C(=O)NC3CCCCC3)CC2)nc2c1ccc(=O)n2-c1ccc(C(N)=O)cc1. The van der Waals surface area contributed by atoms with Crippen LogP contribution in [-0.2, 0) is 0 Å². The quantitative estimate of drug-likeness (QED) is 0.579. The van der Waals surface area contributed by atoms with Crippen molar-refractivity contribution < 1.29 is 9.59 Å². The number of nitrogens with two attached hydrogens (primary N) is 1. The number of nitrogens with one attached hydrogen (secondary N) is 1. The molecule has 10 nitrogen and oxygen atoms in total. The second-order valence-electron chi connectivity index (χ2n) is 9.52. The molecule has 0 spiro atoms. The Morgan fingerprint density at radius 3 is 2.31 bits per heavy atom. The van der Waals surface area contributed by atoms with E-state index in [0.717, 1.165) is 23.9 Å². The lowest BCUT2D eigenvalue weighted by molar-refractivity contribution is 0.1000. The van der Waals surface area contributed by atoms with Gasteiger partial charge >= 0.3 is 6.03 Å². The van der Waals surface area contributed by atoms with Gasteiger partial charge in [0.2, 0.25) is 11.9 Å². The van der Waals surface area contributed by atoms with Crippen LogP contribution in [0.4, 0.5) is 10.7 Å². The number of benzene rings is 1. The number of fused-ring (bicyclic) bond motifs is 1. The highest BCUT2D eigenvalue weighted by atomic mass is 16.2. The standard InChI is InChI=1S/C26H31N7O3/c1-17-21-11-12-22(34)33(20-9-7-18(8-10-20)23(27)35)24(21)30-25(28-17)31-13-15-32(16-14-31)26(36)29-19-5-3-2-4-6-19/h7-12,19H,2-6,13-16H2,1H3,(H2,27,35)(H,29,36). The van der Waals surface area contributed by atoms with E-state index in [1.54, 1.807) is 30.3 Å². The van der Waals surface area contributed by atoms with E-state index in [0.29, 0.717) is 49.0 Å². The highest BCUT2D eigenvalue weighted by Crippen LogP contribution is 2.22. The number of hydrogen-bond acceptors (Lipinski definition) is 6. The summed E-state index contributed by atoms with van der Waals surface area (Å²) in [6.45, 7) is 4.26.